The van der Waals surface area contributed by atoms with E-state index < -0.39 is 6.03 Å². The summed E-state index contributed by atoms with van der Waals surface area (Å²) in [5, 5.41) is 5.51. The van der Waals surface area contributed by atoms with E-state index >= 15 is 0 Å². The van der Waals surface area contributed by atoms with Crippen LogP contribution in [0.2, 0.25) is 0 Å². The van der Waals surface area contributed by atoms with Gasteiger partial charge in [-0.25, -0.2) is 14.2 Å². The topological polar surface area (TPSA) is 80.5 Å². The van der Waals surface area contributed by atoms with Crippen LogP contribution in [0, 0.1) is 12.7 Å². The van der Waals surface area contributed by atoms with Gasteiger partial charge in [-0.1, -0.05) is 6.07 Å². The first-order valence-corrected chi connectivity index (χ1v) is 10.3. The summed E-state index contributed by atoms with van der Waals surface area (Å²) in [5.74, 6) is 0.889. The van der Waals surface area contributed by atoms with E-state index in [0.29, 0.717) is 23.8 Å². The Bertz CT molecular complexity index is 1180. The van der Waals surface area contributed by atoms with Crippen molar-refractivity contribution in [2.75, 3.05) is 19.0 Å². The number of aliphatic imine (C=N–C) groups is 1. The van der Waals surface area contributed by atoms with Crippen molar-refractivity contribution in [2.24, 2.45) is 4.99 Å². The predicted octanol–water partition coefficient (Wildman–Crippen LogP) is 4.73. The monoisotopic (exact) mass is 433 g/mol. The Labute approximate surface area is 185 Å². The molecule has 2 N–H and O–H groups in total. The molecule has 0 fully saturated rings. The highest BCUT2D eigenvalue weighted by Gasteiger charge is 2.16. The Hall–Kier alpha value is -3.94. The fraction of sp³-hybridized carbons (Fsp3) is 0.208. The molecule has 4 rings (SSSR count). The lowest BCUT2D eigenvalue weighted by Gasteiger charge is -2.18. The first kappa shape index (κ1) is 21.3. The standard InChI is InChI=1S/C24H24FN5O2/c1-16-14-30(15-27-16)21-10-5-17(13-22(21)32-2)12-18-4-3-11-26-23(18)29-24(31)28-20-8-6-19(25)7-9-20/h5-10,12-15H,3-4,11H2,1-2H3,(H2,26,28,29,31). The number of benzene rings is 2. The number of rotatable bonds is 4. The molecular formula is C24H24FN5O2. The summed E-state index contributed by atoms with van der Waals surface area (Å²) in [6.45, 7) is 2.58. The van der Waals surface area contributed by atoms with Crippen molar-refractivity contribution in [1.82, 2.24) is 14.9 Å². The Morgan fingerprint density at radius 2 is 2.00 bits per heavy atom. The highest BCUT2D eigenvalue weighted by molar-refractivity contribution is 6.12. The maximum Gasteiger partial charge on any atom is 0.324 e. The maximum absolute atomic E-state index is 13.1. The van der Waals surface area contributed by atoms with Gasteiger partial charge in [0.05, 0.1) is 24.8 Å². The number of nitrogens with zero attached hydrogens (tertiary/aromatic N) is 3. The molecule has 0 unspecified atom stereocenters. The summed E-state index contributed by atoms with van der Waals surface area (Å²) in [6.07, 6.45) is 7.38. The van der Waals surface area contributed by atoms with Gasteiger partial charge in [-0.05, 0) is 73.4 Å². The van der Waals surface area contributed by atoms with E-state index in [1.807, 2.05) is 42.0 Å². The normalized spacial score (nSPS) is 14.7. The Morgan fingerprint density at radius 1 is 1.19 bits per heavy atom. The average Bonchev–Trinajstić information content (AvgIpc) is 3.22. The quantitative estimate of drug-likeness (QED) is 0.624. The number of aromatic nitrogens is 2. The molecule has 8 heteroatoms. The van der Waals surface area contributed by atoms with E-state index in [0.717, 1.165) is 35.4 Å². The van der Waals surface area contributed by atoms with Crippen LogP contribution in [0.1, 0.15) is 24.1 Å². The molecule has 2 amide bonds. The fourth-order valence-electron chi connectivity index (χ4n) is 3.50. The van der Waals surface area contributed by atoms with Gasteiger partial charge >= 0.3 is 6.03 Å². The second-order valence-electron chi connectivity index (χ2n) is 7.44. The minimum Gasteiger partial charge on any atom is -0.495 e. The largest absolute Gasteiger partial charge is 0.495 e. The highest BCUT2D eigenvalue weighted by atomic mass is 19.1. The first-order chi connectivity index (χ1) is 15.5. The predicted molar refractivity (Wildman–Crippen MR) is 123 cm³/mol. The molecule has 164 valence electrons. The molecule has 0 radical (unpaired) electrons. The van der Waals surface area contributed by atoms with Crippen LogP contribution in [-0.2, 0) is 0 Å². The molecule has 2 heterocycles. The second-order valence-corrected chi connectivity index (χ2v) is 7.44. The number of carbonyl (C=O) groups is 1. The van der Waals surface area contributed by atoms with Gasteiger partial charge in [0.2, 0.25) is 0 Å². The summed E-state index contributed by atoms with van der Waals surface area (Å²) in [4.78, 5) is 21.2. The Balaban J connectivity index is 1.52. The molecule has 3 aromatic rings. The Morgan fingerprint density at radius 3 is 2.72 bits per heavy atom. The number of hydrogen-bond acceptors (Lipinski definition) is 4. The molecule has 1 aromatic heterocycles. The minimum absolute atomic E-state index is 0.359. The van der Waals surface area contributed by atoms with Crippen LogP contribution in [-0.4, -0.2) is 35.1 Å². The number of amidine groups is 1. The van der Waals surface area contributed by atoms with Crippen LogP contribution >= 0.6 is 0 Å². The molecule has 0 spiro atoms. The van der Waals surface area contributed by atoms with Crippen molar-refractivity contribution in [1.29, 1.82) is 0 Å². The number of imidazole rings is 1. The minimum atomic E-state index is -0.424. The summed E-state index contributed by atoms with van der Waals surface area (Å²) >= 11 is 0. The molecule has 1 aliphatic rings. The summed E-state index contributed by atoms with van der Waals surface area (Å²) < 4.78 is 20.6. The highest BCUT2D eigenvalue weighted by Crippen LogP contribution is 2.27. The number of halogens is 1. The molecule has 1 aliphatic heterocycles. The summed E-state index contributed by atoms with van der Waals surface area (Å²) in [5.41, 5.74) is 4.18. The molecule has 0 saturated heterocycles. The number of ether oxygens (including phenoxy) is 1. The third-order valence-corrected chi connectivity index (χ3v) is 5.05. The number of nitrogens with one attached hydrogen (secondary N) is 2. The van der Waals surface area contributed by atoms with Crippen LogP contribution in [0.4, 0.5) is 14.9 Å². The molecule has 0 aliphatic carbocycles. The van der Waals surface area contributed by atoms with Gasteiger partial charge in [-0.15, -0.1) is 0 Å². The lowest BCUT2D eigenvalue weighted by Crippen LogP contribution is -2.36. The smallest absolute Gasteiger partial charge is 0.324 e. The molecule has 0 saturated carbocycles. The van der Waals surface area contributed by atoms with Crippen LogP contribution in [0.15, 0.2) is 65.6 Å². The van der Waals surface area contributed by atoms with E-state index in [1.54, 1.807) is 13.4 Å². The molecule has 0 bridgehead atoms. The molecule has 2 aromatic carbocycles. The van der Waals surface area contributed by atoms with Crippen LogP contribution in [0.5, 0.6) is 5.75 Å². The number of hydrogen-bond donors (Lipinski definition) is 2. The van der Waals surface area contributed by atoms with Gasteiger partial charge in [-0.3, -0.25) is 10.3 Å². The number of amides is 2. The van der Waals surface area contributed by atoms with Crippen molar-refractivity contribution < 1.29 is 13.9 Å². The van der Waals surface area contributed by atoms with E-state index in [2.05, 4.69) is 20.6 Å². The molecular weight excluding hydrogens is 409 g/mol. The van der Waals surface area contributed by atoms with E-state index in [4.69, 9.17) is 4.74 Å². The van der Waals surface area contributed by atoms with Crippen molar-refractivity contribution >= 4 is 23.6 Å². The summed E-state index contributed by atoms with van der Waals surface area (Å²) in [7, 11) is 1.63. The zero-order valence-electron chi connectivity index (χ0n) is 17.9. The van der Waals surface area contributed by atoms with Gasteiger partial charge in [-0.2, -0.15) is 0 Å². The van der Waals surface area contributed by atoms with Gasteiger partial charge in [0.25, 0.3) is 0 Å². The lowest BCUT2D eigenvalue weighted by molar-refractivity contribution is 0.256. The van der Waals surface area contributed by atoms with Gasteiger partial charge in [0, 0.05) is 18.4 Å². The van der Waals surface area contributed by atoms with Crippen molar-refractivity contribution in [3.8, 4) is 11.4 Å². The average molecular weight is 433 g/mol. The second kappa shape index (κ2) is 9.47. The van der Waals surface area contributed by atoms with Crippen LogP contribution in [0.3, 0.4) is 0 Å². The number of anilines is 1. The summed E-state index contributed by atoms with van der Waals surface area (Å²) in [6, 6.07) is 11.1. The Kier molecular flexibility index (Phi) is 6.30. The van der Waals surface area contributed by atoms with Crippen LogP contribution in [0.25, 0.3) is 11.8 Å². The zero-order chi connectivity index (χ0) is 22.5. The van der Waals surface area contributed by atoms with Gasteiger partial charge < -0.3 is 14.6 Å². The van der Waals surface area contributed by atoms with Crippen molar-refractivity contribution in [3.63, 3.8) is 0 Å². The van der Waals surface area contributed by atoms with Crippen molar-refractivity contribution in [2.45, 2.75) is 19.8 Å². The number of aryl methyl sites for hydroxylation is 1. The molecule has 0 atom stereocenters. The number of urea groups is 1. The third-order valence-electron chi connectivity index (χ3n) is 5.05. The van der Waals surface area contributed by atoms with Crippen LogP contribution < -0.4 is 15.4 Å². The molecule has 32 heavy (non-hydrogen) atoms. The fourth-order valence-corrected chi connectivity index (χ4v) is 3.50. The van der Waals surface area contributed by atoms with E-state index in [-0.39, 0.29) is 5.82 Å². The maximum atomic E-state index is 13.1. The van der Waals surface area contributed by atoms with E-state index in [9.17, 15) is 9.18 Å². The first-order valence-electron chi connectivity index (χ1n) is 10.3. The number of carbonyl (C=O) groups excluding carboxylic acids is 1. The van der Waals surface area contributed by atoms with E-state index in [1.165, 1.54) is 24.3 Å². The van der Waals surface area contributed by atoms with Gasteiger partial charge in [0.15, 0.2) is 0 Å². The molecule has 7 nitrogen and oxygen atoms in total. The zero-order valence-corrected chi connectivity index (χ0v) is 17.9. The van der Waals surface area contributed by atoms with Gasteiger partial charge in [0.1, 0.15) is 17.4 Å². The third kappa shape index (κ3) is 5.03. The SMILES string of the molecule is COc1cc(C=C2CCCN=C2NC(=O)Nc2ccc(F)cc2)ccc1-n1cnc(C)c1. The number of methoxy groups -OCH3 is 1. The lowest BCUT2D eigenvalue weighted by atomic mass is 10.0. The van der Waals surface area contributed by atoms with Crippen molar-refractivity contribution in [3.05, 3.63) is 77.6 Å².